The van der Waals surface area contributed by atoms with Crippen LogP contribution < -0.4 is 9.62 Å². The maximum atomic E-state index is 12.2. The molecule has 0 aliphatic carbocycles. The Bertz CT molecular complexity index is 819. The molecule has 0 saturated carbocycles. The van der Waals surface area contributed by atoms with Crippen molar-refractivity contribution in [3.05, 3.63) is 53.9 Å². The van der Waals surface area contributed by atoms with Crippen LogP contribution in [-0.2, 0) is 16.4 Å². The number of nitrogens with zero attached hydrogens (tertiary/aromatic N) is 2. The Labute approximate surface area is 128 Å². The molecule has 6 nitrogen and oxygen atoms in total. The van der Waals surface area contributed by atoms with E-state index in [1.165, 1.54) is 10.6 Å². The highest BCUT2D eigenvalue weighted by Crippen LogP contribution is 2.30. The van der Waals surface area contributed by atoms with Crippen molar-refractivity contribution >= 4 is 27.3 Å². The van der Waals surface area contributed by atoms with Crippen LogP contribution in [0.2, 0.25) is 0 Å². The number of anilines is 2. The summed E-state index contributed by atoms with van der Waals surface area (Å²) in [7, 11) is -3.27. The summed E-state index contributed by atoms with van der Waals surface area (Å²) < 4.78 is 24.8. The van der Waals surface area contributed by atoms with Gasteiger partial charge in [0.25, 0.3) is 5.91 Å². The topological polar surface area (TPSA) is 79.4 Å². The van der Waals surface area contributed by atoms with E-state index in [1.54, 1.807) is 42.7 Å². The van der Waals surface area contributed by atoms with Crippen molar-refractivity contribution < 1.29 is 13.2 Å². The van der Waals surface area contributed by atoms with Crippen LogP contribution in [-0.4, -0.2) is 32.1 Å². The van der Waals surface area contributed by atoms with E-state index < -0.39 is 10.0 Å². The summed E-state index contributed by atoms with van der Waals surface area (Å²) >= 11 is 0. The molecule has 0 atom stereocenters. The molecule has 0 saturated heterocycles. The molecule has 22 heavy (non-hydrogen) atoms. The van der Waals surface area contributed by atoms with E-state index in [2.05, 4.69) is 10.3 Å². The van der Waals surface area contributed by atoms with E-state index in [1.807, 2.05) is 0 Å². The minimum atomic E-state index is -3.27. The Balaban J connectivity index is 1.85. The molecule has 0 spiro atoms. The molecule has 1 amide bonds. The summed E-state index contributed by atoms with van der Waals surface area (Å²) in [6.07, 6.45) is 4.99. The average molecular weight is 317 g/mol. The van der Waals surface area contributed by atoms with Gasteiger partial charge in [-0.05, 0) is 42.3 Å². The van der Waals surface area contributed by atoms with Gasteiger partial charge in [0.05, 0.1) is 23.8 Å². The van der Waals surface area contributed by atoms with Crippen molar-refractivity contribution in [1.29, 1.82) is 0 Å². The molecular weight excluding hydrogens is 302 g/mol. The zero-order valence-corrected chi connectivity index (χ0v) is 12.8. The van der Waals surface area contributed by atoms with E-state index in [0.29, 0.717) is 29.9 Å². The fraction of sp³-hybridized carbons (Fsp3) is 0.200. The van der Waals surface area contributed by atoms with Gasteiger partial charge < -0.3 is 5.32 Å². The first kappa shape index (κ1) is 14.5. The van der Waals surface area contributed by atoms with Crippen molar-refractivity contribution in [2.24, 2.45) is 0 Å². The van der Waals surface area contributed by atoms with Gasteiger partial charge >= 0.3 is 0 Å². The highest BCUT2D eigenvalue weighted by atomic mass is 32.2. The Morgan fingerprint density at radius 2 is 2.14 bits per heavy atom. The molecule has 2 heterocycles. The number of pyridine rings is 1. The minimum Gasteiger partial charge on any atom is -0.321 e. The summed E-state index contributed by atoms with van der Waals surface area (Å²) in [5, 5.41) is 2.76. The van der Waals surface area contributed by atoms with Gasteiger partial charge in [-0.2, -0.15) is 0 Å². The number of benzene rings is 1. The SMILES string of the molecule is CS(=O)(=O)N1CCc2cc(C(=O)Nc3cccnc3)ccc21. The van der Waals surface area contributed by atoms with E-state index in [4.69, 9.17) is 0 Å². The summed E-state index contributed by atoms with van der Waals surface area (Å²) in [6, 6.07) is 8.55. The summed E-state index contributed by atoms with van der Waals surface area (Å²) in [5.41, 5.74) is 2.63. The Morgan fingerprint density at radius 3 is 2.82 bits per heavy atom. The number of aromatic nitrogens is 1. The molecule has 1 aromatic heterocycles. The lowest BCUT2D eigenvalue weighted by Gasteiger charge is -2.16. The summed E-state index contributed by atoms with van der Waals surface area (Å²) in [6.45, 7) is 0.418. The van der Waals surface area contributed by atoms with E-state index >= 15 is 0 Å². The highest BCUT2D eigenvalue weighted by molar-refractivity contribution is 7.92. The first-order valence-electron chi connectivity index (χ1n) is 6.77. The van der Waals surface area contributed by atoms with Crippen LogP contribution in [0.25, 0.3) is 0 Å². The van der Waals surface area contributed by atoms with Crippen molar-refractivity contribution in [1.82, 2.24) is 4.98 Å². The third-order valence-electron chi connectivity index (χ3n) is 3.51. The fourth-order valence-corrected chi connectivity index (χ4v) is 3.46. The summed E-state index contributed by atoms with van der Waals surface area (Å²) in [4.78, 5) is 16.2. The fourth-order valence-electron chi connectivity index (χ4n) is 2.50. The number of rotatable bonds is 3. The molecule has 1 N–H and O–H groups in total. The first-order chi connectivity index (χ1) is 10.4. The predicted octanol–water partition coefficient (Wildman–Crippen LogP) is 1.66. The van der Waals surface area contributed by atoms with Crippen LogP contribution in [0.3, 0.4) is 0 Å². The van der Waals surface area contributed by atoms with Gasteiger partial charge in [0.15, 0.2) is 0 Å². The second-order valence-corrected chi connectivity index (χ2v) is 7.03. The second kappa shape index (κ2) is 5.42. The largest absolute Gasteiger partial charge is 0.321 e. The Kier molecular flexibility index (Phi) is 3.58. The highest BCUT2D eigenvalue weighted by Gasteiger charge is 2.26. The number of carbonyl (C=O) groups is 1. The number of nitrogens with one attached hydrogen (secondary N) is 1. The maximum Gasteiger partial charge on any atom is 0.255 e. The number of sulfonamides is 1. The zero-order chi connectivity index (χ0) is 15.7. The predicted molar refractivity (Wildman–Crippen MR) is 84.5 cm³/mol. The third-order valence-corrected chi connectivity index (χ3v) is 4.69. The monoisotopic (exact) mass is 317 g/mol. The van der Waals surface area contributed by atoms with E-state index in [9.17, 15) is 13.2 Å². The maximum absolute atomic E-state index is 12.2. The molecule has 3 rings (SSSR count). The first-order valence-corrected chi connectivity index (χ1v) is 8.62. The van der Waals surface area contributed by atoms with Gasteiger partial charge in [0.1, 0.15) is 0 Å². The molecule has 7 heteroatoms. The third kappa shape index (κ3) is 2.80. The number of hydrogen-bond acceptors (Lipinski definition) is 4. The van der Waals surface area contributed by atoms with Gasteiger partial charge in [0.2, 0.25) is 10.0 Å². The number of carbonyl (C=O) groups excluding carboxylic acids is 1. The Hall–Kier alpha value is -2.41. The van der Waals surface area contributed by atoms with Gasteiger partial charge in [-0.1, -0.05) is 0 Å². The number of amides is 1. The lowest BCUT2D eigenvalue weighted by Crippen LogP contribution is -2.27. The molecule has 2 aromatic rings. The van der Waals surface area contributed by atoms with E-state index in [-0.39, 0.29) is 5.91 Å². The minimum absolute atomic E-state index is 0.242. The quantitative estimate of drug-likeness (QED) is 0.933. The molecule has 0 unspecified atom stereocenters. The van der Waals surface area contributed by atoms with Crippen molar-refractivity contribution in [3.63, 3.8) is 0 Å². The average Bonchev–Trinajstić information content (AvgIpc) is 2.91. The van der Waals surface area contributed by atoms with Crippen LogP contribution in [0.4, 0.5) is 11.4 Å². The van der Waals surface area contributed by atoms with Crippen LogP contribution in [0.1, 0.15) is 15.9 Å². The van der Waals surface area contributed by atoms with Gasteiger partial charge in [-0.3, -0.25) is 14.1 Å². The molecule has 1 aromatic carbocycles. The molecule has 1 aliphatic rings. The molecule has 0 bridgehead atoms. The molecule has 0 fully saturated rings. The molecule has 0 radical (unpaired) electrons. The van der Waals surface area contributed by atoms with Gasteiger partial charge in [0, 0.05) is 18.3 Å². The van der Waals surface area contributed by atoms with E-state index in [0.717, 1.165) is 5.56 Å². The van der Waals surface area contributed by atoms with Crippen molar-refractivity contribution in [2.75, 3.05) is 22.4 Å². The van der Waals surface area contributed by atoms with Crippen LogP contribution in [0.5, 0.6) is 0 Å². The molecular formula is C15H15N3O3S. The normalized spacial score (nSPS) is 13.8. The van der Waals surface area contributed by atoms with Crippen LogP contribution in [0, 0.1) is 0 Å². The smallest absolute Gasteiger partial charge is 0.255 e. The standard InChI is InChI=1S/C15H15N3O3S/c1-22(20,21)18-8-6-11-9-12(4-5-14(11)18)15(19)17-13-3-2-7-16-10-13/h2-5,7,9-10H,6,8H2,1H3,(H,17,19). The van der Waals surface area contributed by atoms with Crippen LogP contribution in [0.15, 0.2) is 42.7 Å². The van der Waals surface area contributed by atoms with Gasteiger partial charge in [-0.15, -0.1) is 0 Å². The number of fused-ring (bicyclic) bond motifs is 1. The Morgan fingerprint density at radius 1 is 1.32 bits per heavy atom. The number of hydrogen-bond donors (Lipinski definition) is 1. The lowest BCUT2D eigenvalue weighted by atomic mass is 10.1. The van der Waals surface area contributed by atoms with Crippen LogP contribution >= 0.6 is 0 Å². The second-order valence-electron chi connectivity index (χ2n) is 5.12. The lowest BCUT2D eigenvalue weighted by molar-refractivity contribution is 0.102. The zero-order valence-electron chi connectivity index (χ0n) is 12.0. The molecule has 114 valence electrons. The van der Waals surface area contributed by atoms with Gasteiger partial charge in [-0.25, -0.2) is 8.42 Å². The summed E-state index contributed by atoms with van der Waals surface area (Å²) in [5.74, 6) is -0.242. The van der Waals surface area contributed by atoms with Crippen molar-refractivity contribution in [3.8, 4) is 0 Å². The molecule has 1 aliphatic heterocycles. The van der Waals surface area contributed by atoms with Crippen molar-refractivity contribution in [2.45, 2.75) is 6.42 Å².